The quantitative estimate of drug-likeness (QED) is 0.581. The van der Waals surface area contributed by atoms with E-state index >= 15 is 0 Å². The van der Waals surface area contributed by atoms with E-state index in [4.69, 9.17) is 18.4 Å². The van der Waals surface area contributed by atoms with Crippen LogP contribution in [0.25, 0.3) is 0 Å². The molecule has 28 heavy (non-hydrogen) atoms. The minimum Gasteiger partial charge on any atom is -0.379 e. The number of anilines is 3. The number of thiol groups is 1. The summed E-state index contributed by atoms with van der Waals surface area (Å²) < 4.78 is -0.660. The van der Waals surface area contributed by atoms with Crippen molar-refractivity contribution in [1.29, 1.82) is 0 Å². The third-order valence-electron chi connectivity index (χ3n) is 7.06. The molecule has 1 aromatic rings. The van der Waals surface area contributed by atoms with Gasteiger partial charge in [-0.15, -0.1) is 0 Å². The van der Waals surface area contributed by atoms with Crippen molar-refractivity contribution in [3.05, 3.63) is 18.2 Å². The molecular formula is C21H33N5OS. The highest BCUT2D eigenvalue weighted by molar-refractivity contribution is 7.82. The summed E-state index contributed by atoms with van der Waals surface area (Å²) in [5, 5.41) is 6.94. The molecule has 0 bridgehead atoms. The van der Waals surface area contributed by atoms with Gasteiger partial charge in [0.2, 0.25) is 5.91 Å². The van der Waals surface area contributed by atoms with Gasteiger partial charge in [0.25, 0.3) is 0 Å². The van der Waals surface area contributed by atoms with Gasteiger partial charge in [-0.3, -0.25) is 9.69 Å². The van der Waals surface area contributed by atoms with E-state index < -0.39 is 16.2 Å². The highest BCUT2D eigenvalue weighted by atomic mass is 32.1. The van der Waals surface area contributed by atoms with E-state index in [1.54, 1.807) is 0 Å². The van der Waals surface area contributed by atoms with Crippen LogP contribution < -0.4 is 21.3 Å². The van der Waals surface area contributed by atoms with E-state index in [2.05, 4.69) is 38.6 Å². The normalized spacial score (nSPS) is 33.4. The lowest BCUT2D eigenvalue weighted by Gasteiger charge is -2.43. The summed E-state index contributed by atoms with van der Waals surface area (Å²) in [6, 6.07) is 6.36. The first kappa shape index (κ1) is 19.7. The Kier molecular flexibility index (Phi) is 4.94. The fraction of sp³-hybridized carbons (Fsp3) is 0.667. The zero-order valence-corrected chi connectivity index (χ0v) is 18.1. The first-order valence-electron chi connectivity index (χ1n) is 10.4. The van der Waals surface area contributed by atoms with Crippen molar-refractivity contribution in [1.82, 2.24) is 4.90 Å². The number of primary amides is 1. The van der Waals surface area contributed by atoms with Crippen molar-refractivity contribution in [2.45, 2.75) is 49.9 Å². The third-order valence-corrected chi connectivity index (χ3v) is 7.89. The van der Waals surface area contributed by atoms with Crippen molar-refractivity contribution >= 4 is 35.6 Å². The van der Waals surface area contributed by atoms with Crippen molar-refractivity contribution in [3.8, 4) is 0 Å². The van der Waals surface area contributed by atoms with Gasteiger partial charge in [-0.2, -0.15) is 12.6 Å². The number of hydrogen-bond donors (Lipinski definition) is 4. The Bertz CT molecular complexity index is 757. The number of carbonyl (C=O) groups excluding carboxylic acids is 1. The summed E-state index contributed by atoms with van der Waals surface area (Å²) in [7, 11) is 0. The van der Waals surface area contributed by atoms with E-state index in [-0.39, 0.29) is 6.04 Å². The van der Waals surface area contributed by atoms with Crippen molar-refractivity contribution < 1.29 is 4.79 Å². The molecule has 1 aliphatic carbocycles. The van der Waals surface area contributed by atoms with Crippen LogP contribution in [0.5, 0.6) is 0 Å². The zero-order chi connectivity index (χ0) is 20.1. The molecule has 1 saturated heterocycles. The topological polar surface area (TPSA) is 73.6 Å². The standard InChI is InChI=1S/C21H33N5OS/c1-14-21(3,28)20(2,19(22)27)24-18-12-16(6-7-17(18)23-14)26-10-8-25(9-11-26)13-15-4-5-15/h6-7,12,14-15,23-24,28H,4-5,8-11,13H2,1-3H3,(H2,22,27)/t14-,20?,21-/m0/s1. The predicted octanol–water partition coefficient (Wildman–Crippen LogP) is 2.38. The summed E-state index contributed by atoms with van der Waals surface area (Å²) >= 11 is 4.83. The maximum absolute atomic E-state index is 12.4. The fourth-order valence-corrected chi connectivity index (χ4v) is 4.56. The SMILES string of the molecule is C[C@@H]1Nc2ccc(N3CCN(CC4CC4)CC3)cc2NC(C)(C(N)=O)[C@@]1(C)S. The summed E-state index contributed by atoms with van der Waals surface area (Å²) in [4.78, 5) is 17.4. The van der Waals surface area contributed by atoms with Crippen molar-refractivity contribution in [2.24, 2.45) is 11.7 Å². The Hall–Kier alpha value is -1.60. The number of nitrogens with one attached hydrogen (secondary N) is 2. The van der Waals surface area contributed by atoms with Gasteiger partial charge in [-0.05, 0) is 57.7 Å². The van der Waals surface area contributed by atoms with Crippen LogP contribution in [0.3, 0.4) is 0 Å². The Labute approximate surface area is 173 Å². The largest absolute Gasteiger partial charge is 0.379 e. The second-order valence-corrected chi connectivity index (χ2v) is 10.0. The molecule has 1 aromatic carbocycles. The average molecular weight is 404 g/mol. The number of piperazine rings is 1. The molecule has 4 N–H and O–H groups in total. The van der Waals surface area contributed by atoms with Crippen LogP contribution in [0, 0.1) is 5.92 Å². The first-order valence-corrected chi connectivity index (χ1v) is 10.8. The fourth-order valence-electron chi connectivity index (χ4n) is 4.33. The van der Waals surface area contributed by atoms with Crippen LogP contribution in [0.15, 0.2) is 18.2 Å². The van der Waals surface area contributed by atoms with Gasteiger partial charge in [0.15, 0.2) is 0 Å². The summed E-state index contributed by atoms with van der Waals surface area (Å²) in [5.41, 5.74) is 7.90. The molecule has 0 radical (unpaired) electrons. The zero-order valence-electron chi connectivity index (χ0n) is 17.2. The number of carbonyl (C=O) groups is 1. The number of benzene rings is 1. The first-order chi connectivity index (χ1) is 13.2. The number of nitrogens with zero attached hydrogens (tertiary/aromatic N) is 2. The average Bonchev–Trinajstić information content (AvgIpc) is 3.47. The van der Waals surface area contributed by atoms with Crippen LogP contribution in [0.4, 0.5) is 17.1 Å². The molecule has 1 unspecified atom stereocenters. The maximum atomic E-state index is 12.4. The molecular weight excluding hydrogens is 370 g/mol. The van der Waals surface area contributed by atoms with Crippen molar-refractivity contribution in [2.75, 3.05) is 48.3 Å². The Balaban J connectivity index is 1.55. The van der Waals surface area contributed by atoms with Crippen LogP contribution in [0.1, 0.15) is 33.6 Å². The van der Waals surface area contributed by atoms with Gasteiger partial charge in [0.05, 0.1) is 16.1 Å². The van der Waals surface area contributed by atoms with Gasteiger partial charge in [-0.25, -0.2) is 0 Å². The molecule has 0 spiro atoms. The van der Waals surface area contributed by atoms with Crippen LogP contribution >= 0.6 is 12.6 Å². The van der Waals surface area contributed by atoms with Gasteiger partial charge in [0.1, 0.15) is 5.54 Å². The molecule has 2 aliphatic heterocycles. The van der Waals surface area contributed by atoms with E-state index in [0.29, 0.717) is 0 Å². The molecule has 0 aromatic heterocycles. The number of amides is 1. The molecule has 3 atom stereocenters. The molecule has 154 valence electrons. The van der Waals surface area contributed by atoms with Crippen LogP contribution in [-0.4, -0.2) is 59.9 Å². The number of hydrogen-bond acceptors (Lipinski definition) is 6. The Morgan fingerprint density at radius 2 is 1.89 bits per heavy atom. The number of rotatable bonds is 4. The van der Waals surface area contributed by atoms with Crippen LogP contribution in [-0.2, 0) is 4.79 Å². The predicted molar refractivity (Wildman–Crippen MR) is 120 cm³/mol. The maximum Gasteiger partial charge on any atom is 0.244 e. The number of nitrogens with two attached hydrogens (primary N) is 1. The third kappa shape index (κ3) is 3.43. The Morgan fingerprint density at radius 1 is 1.21 bits per heavy atom. The monoisotopic (exact) mass is 403 g/mol. The molecule has 2 heterocycles. The highest BCUT2D eigenvalue weighted by Crippen LogP contribution is 2.42. The van der Waals surface area contributed by atoms with Crippen LogP contribution in [0.2, 0.25) is 0 Å². The molecule has 2 fully saturated rings. The molecule has 1 saturated carbocycles. The van der Waals surface area contributed by atoms with Gasteiger partial charge < -0.3 is 21.3 Å². The highest BCUT2D eigenvalue weighted by Gasteiger charge is 2.52. The van der Waals surface area contributed by atoms with Gasteiger partial charge in [-0.1, -0.05) is 0 Å². The molecule has 6 nitrogen and oxygen atoms in total. The van der Waals surface area contributed by atoms with E-state index in [0.717, 1.165) is 43.5 Å². The lowest BCUT2D eigenvalue weighted by atomic mass is 9.80. The molecule has 1 amide bonds. The summed E-state index contributed by atoms with van der Waals surface area (Å²) in [5.74, 6) is 0.545. The molecule has 7 heteroatoms. The number of fused-ring (bicyclic) bond motifs is 1. The van der Waals surface area contributed by atoms with Gasteiger partial charge >= 0.3 is 0 Å². The van der Waals surface area contributed by atoms with E-state index in [1.807, 2.05) is 20.8 Å². The molecule has 3 aliphatic rings. The van der Waals surface area contributed by atoms with E-state index in [1.165, 1.54) is 25.1 Å². The van der Waals surface area contributed by atoms with Gasteiger partial charge in [0, 0.05) is 44.5 Å². The second-order valence-electron chi connectivity index (χ2n) is 9.09. The smallest absolute Gasteiger partial charge is 0.244 e. The lowest BCUT2D eigenvalue weighted by molar-refractivity contribution is -0.122. The second kappa shape index (κ2) is 7.02. The lowest BCUT2D eigenvalue weighted by Crippen LogP contribution is -2.64. The summed E-state index contributed by atoms with van der Waals surface area (Å²) in [6.07, 6.45) is 2.82. The molecule has 4 rings (SSSR count). The van der Waals surface area contributed by atoms with Crippen molar-refractivity contribution in [3.63, 3.8) is 0 Å². The minimum atomic E-state index is -0.977. The minimum absolute atomic E-state index is 0.0427. The Morgan fingerprint density at radius 3 is 2.50 bits per heavy atom. The van der Waals surface area contributed by atoms with E-state index in [9.17, 15) is 4.79 Å². The summed E-state index contributed by atoms with van der Waals surface area (Å²) in [6.45, 7) is 11.4.